The minimum Gasteiger partial charge on any atom is -0.352 e. The van der Waals surface area contributed by atoms with E-state index in [9.17, 15) is 4.79 Å². The van der Waals surface area contributed by atoms with Gasteiger partial charge in [-0.15, -0.1) is 24.8 Å². The van der Waals surface area contributed by atoms with Crippen molar-refractivity contribution in [3.8, 4) is 0 Å². The summed E-state index contributed by atoms with van der Waals surface area (Å²) >= 11 is 0. The first kappa shape index (κ1) is 17.2. The van der Waals surface area contributed by atoms with E-state index in [2.05, 4.69) is 15.6 Å². The SMILES string of the molecule is Cc1ncccc1C(=O)NCC1CCNC1.Cl.Cl. The molecule has 2 N–H and O–H groups in total. The summed E-state index contributed by atoms with van der Waals surface area (Å²) in [6.07, 6.45) is 2.85. The Hall–Kier alpha value is -0.840. The maximum Gasteiger partial charge on any atom is 0.253 e. The predicted molar refractivity (Wildman–Crippen MR) is 76.8 cm³/mol. The molecule has 1 aliphatic heterocycles. The summed E-state index contributed by atoms with van der Waals surface area (Å²) in [5.41, 5.74) is 1.46. The summed E-state index contributed by atoms with van der Waals surface area (Å²) in [7, 11) is 0. The third-order valence-corrected chi connectivity index (χ3v) is 2.97. The molecule has 102 valence electrons. The van der Waals surface area contributed by atoms with E-state index < -0.39 is 0 Å². The fourth-order valence-corrected chi connectivity index (χ4v) is 1.95. The molecule has 0 bridgehead atoms. The molecule has 0 saturated carbocycles. The van der Waals surface area contributed by atoms with Crippen LogP contribution in [0.15, 0.2) is 18.3 Å². The van der Waals surface area contributed by atoms with Crippen molar-refractivity contribution in [3.05, 3.63) is 29.6 Å². The second-order valence-electron chi connectivity index (χ2n) is 4.21. The number of hydrogen-bond acceptors (Lipinski definition) is 3. The average molecular weight is 292 g/mol. The number of carbonyl (C=O) groups is 1. The first-order chi connectivity index (χ1) is 7.77. The van der Waals surface area contributed by atoms with Crippen LogP contribution < -0.4 is 10.6 Å². The van der Waals surface area contributed by atoms with Crippen molar-refractivity contribution in [1.29, 1.82) is 0 Å². The molecule has 2 heterocycles. The van der Waals surface area contributed by atoms with Crippen LogP contribution in [0.4, 0.5) is 0 Å². The van der Waals surface area contributed by atoms with Crippen LogP contribution in [0.2, 0.25) is 0 Å². The van der Waals surface area contributed by atoms with Crippen LogP contribution in [0.1, 0.15) is 22.5 Å². The van der Waals surface area contributed by atoms with E-state index in [4.69, 9.17) is 0 Å². The van der Waals surface area contributed by atoms with Crippen LogP contribution in [-0.4, -0.2) is 30.5 Å². The van der Waals surface area contributed by atoms with Crippen LogP contribution in [-0.2, 0) is 0 Å². The van der Waals surface area contributed by atoms with Gasteiger partial charge in [0, 0.05) is 18.4 Å². The van der Waals surface area contributed by atoms with Gasteiger partial charge in [-0.05, 0) is 44.5 Å². The number of pyridine rings is 1. The third-order valence-electron chi connectivity index (χ3n) is 2.97. The average Bonchev–Trinajstić information content (AvgIpc) is 2.79. The van der Waals surface area contributed by atoms with Gasteiger partial charge in [-0.25, -0.2) is 0 Å². The van der Waals surface area contributed by atoms with Crippen molar-refractivity contribution in [3.63, 3.8) is 0 Å². The molecule has 1 atom stereocenters. The normalized spacial score (nSPS) is 17.5. The largest absolute Gasteiger partial charge is 0.352 e. The Morgan fingerprint density at radius 3 is 2.94 bits per heavy atom. The highest BCUT2D eigenvalue weighted by Gasteiger charge is 2.16. The number of nitrogens with zero attached hydrogens (tertiary/aromatic N) is 1. The Balaban J connectivity index is 0.00000144. The van der Waals surface area contributed by atoms with Gasteiger partial charge in [0.15, 0.2) is 0 Å². The molecule has 6 heteroatoms. The summed E-state index contributed by atoms with van der Waals surface area (Å²) in [6.45, 7) is 4.67. The van der Waals surface area contributed by atoms with Gasteiger partial charge in [0.25, 0.3) is 5.91 Å². The topological polar surface area (TPSA) is 54.0 Å². The monoisotopic (exact) mass is 291 g/mol. The summed E-state index contributed by atoms with van der Waals surface area (Å²) < 4.78 is 0. The molecule has 1 aromatic heterocycles. The minimum atomic E-state index is -0.0162. The third kappa shape index (κ3) is 4.44. The number of rotatable bonds is 3. The second-order valence-corrected chi connectivity index (χ2v) is 4.21. The molecule has 1 aliphatic rings. The maximum absolute atomic E-state index is 11.9. The zero-order valence-corrected chi connectivity index (χ0v) is 11.9. The van der Waals surface area contributed by atoms with E-state index in [1.165, 1.54) is 0 Å². The second kappa shape index (κ2) is 8.29. The fraction of sp³-hybridized carbons (Fsp3) is 0.500. The number of halogens is 2. The summed E-state index contributed by atoms with van der Waals surface area (Å²) in [5, 5.41) is 6.25. The lowest BCUT2D eigenvalue weighted by molar-refractivity contribution is 0.0947. The number of carbonyl (C=O) groups excluding carboxylic acids is 1. The highest BCUT2D eigenvalue weighted by atomic mass is 35.5. The van der Waals surface area contributed by atoms with Crippen molar-refractivity contribution in [2.45, 2.75) is 13.3 Å². The van der Waals surface area contributed by atoms with Crippen molar-refractivity contribution < 1.29 is 4.79 Å². The quantitative estimate of drug-likeness (QED) is 0.889. The van der Waals surface area contributed by atoms with Crippen molar-refractivity contribution in [2.75, 3.05) is 19.6 Å². The first-order valence-electron chi connectivity index (χ1n) is 5.68. The Morgan fingerprint density at radius 2 is 2.33 bits per heavy atom. The van der Waals surface area contributed by atoms with Crippen LogP contribution in [0.25, 0.3) is 0 Å². The van der Waals surface area contributed by atoms with Gasteiger partial charge in [-0.3, -0.25) is 9.78 Å². The van der Waals surface area contributed by atoms with E-state index in [1.807, 2.05) is 13.0 Å². The lowest BCUT2D eigenvalue weighted by atomic mass is 10.1. The Kier molecular flexibility index (Phi) is 7.91. The van der Waals surface area contributed by atoms with Gasteiger partial charge < -0.3 is 10.6 Å². The molecule has 4 nitrogen and oxygen atoms in total. The molecular formula is C12H19Cl2N3O. The van der Waals surface area contributed by atoms with E-state index >= 15 is 0 Å². The molecule has 1 fully saturated rings. The van der Waals surface area contributed by atoms with Gasteiger partial charge in [-0.2, -0.15) is 0 Å². The molecule has 0 aliphatic carbocycles. The van der Waals surface area contributed by atoms with Crippen LogP contribution in [0.3, 0.4) is 0 Å². The molecule has 1 unspecified atom stereocenters. The minimum absolute atomic E-state index is 0. The van der Waals surface area contributed by atoms with Crippen LogP contribution in [0, 0.1) is 12.8 Å². The van der Waals surface area contributed by atoms with E-state index in [0.717, 1.165) is 31.7 Å². The van der Waals surface area contributed by atoms with Crippen molar-refractivity contribution in [1.82, 2.24) is 15.6 Å². The number of aryl methyl sites for hydroxylation is 1. The summed E-state index contributed by atoms with van der Waals surface area (Å²) in [6, 6.07) is 3.60. The Labute approximate surface area is 120 Å². The summed E-state index contributed by atoms with van der Waals surface area (Å²) in [5.74, 6) is 0.554. The van der Waals surface area contributed by atoms with E-state index in [1.54, 1.807) is 12.3 Å². The maximum atomic E-state index is 11.9. The lowest BCUT2D eigenvalue weighted by Crippen LogP contribution is -2.30. The molecule has 0 radical (unpaired) electrons. The molecule has 1 saturated heterocycles. The fourth-order valence-electron chi connectivity index (χ4n) is 1.95. The predicted octanol–water partition coefficient (Wildman–Crippen LogP) is 1.57. The molecular weight excluding hydrogens is 273 g/mol. The molecule has 0 spiro atoms. The van der Waals surface area contributed by atoms with E-state index in [0.29, 0.717) is 11.5 Å². The van der Waals surface area contributed by atoms with Crippen molar-refractivity contribution in [2.24, 2.45) is 5.92 Å². The molecule has 1 aromatic rings. The zero-order valence-electron chi connectivity index (χ0n) is 10.3. The van der Waals surface area contributed by atoms with Gasteiger partial charge in [0.05, 0.1) is 5.56 Å². The summed E-state index contributed by atoms with van der Waals surface area (Å²) in [4.78, 5) is 16.0. The molecule has 0 aromatic carbocycles. The number of aromatic nitrogens is 1. The standard InChI is InChI=1S/C12H17N3O.2ClH/c1-9-11(3-2-5-14-9)12(16)15-8-10-4-6-13-7-10;;/h2-3,5,10,13H,4,6-8H2,1H3,(H,15,16);2*1H. The highest BCUT2D eigenvalue weighted by molar-refractivity contribution is 5.95. The van der Waals surface area contributed by atoms with Crippen molar-refractivity contribution >= 4 is 30.7 Å². The Morgan fingerprint density at radius 1 is 1.56 bits per heavy atom. The molecule has 1 amide bonds. The highest BCUT2D eigenvalue weighted by Crippen LogP contribution is 2.07. The number of nitrogens with one attached hydrogen (secondary N) is 2. The van der Waals surface area contributed by atoms with E-state index in [-0.39, 0.29) is 30.7 Å². The first-order valence-corrected chi connectivity index (χ1v) is 5.68. The Bertz CT molecular complexity index is 381. The van der Waals surface area contributed by atoms with Gasteiger partial charge in [0.2, 0.25) is 0 Å². The van der Waals surface area contributed by atoms with Gasteiger partial charge >= 0.3 is 0 Å². The zero-order chi connectivity index (χ0) is 11.4. The van der Waals surface area contributed by atoms with Gasteiger partial charge in [0.1, 0.15) is 0 Å². The lowest BCUT2D eigenvalue weighted by Gasteiger charge is -2.10. The molecule has 18 heavy (non-hydrogen) atoms. The number of amides is 1. The smallest absolute Gasteiger partial charge is 0.253 e. The van der Waals surface area contributed by atoms with Crippen LogP contribution in [0.5, 0.6) is 0 Å². The molecule has 2 rings (SSSR count). The van der Waals surface area contributed by atoms with Crippen LogP contribution >= 0.6 is 24.8 Å². The number of hydrogen-bond donors (Lipinski definition) is 2. The van der Waals surface area contributed by atoms with Gasteiger partial charge in [-0.1, -0.05) is 0 Å².